The maximum absolute atomic E-state index is 12.1. The van der Waals surface area contributed by atoms with Gasteiger partial charge >= 0.3 is 0 Å². The molecule has 2 aromatic rings. The van der Waals surface area contributed by atoms with Crippen LogP contribution in [-0.4, -0.2) is 39.4 Å². The van der Waals surface area contributed by atoms with Crippen LogP contribution in [0.2, 0.25) is 0 Å². The van der Waals surface area contributed by atoms with E-state index in [4.69, 9.17) is 4.74 Å². The van der Waals surface area contributed by atoms with Crippen LogP contribution in [0.5, 0.6) is 5.88 Å². The molecule has 1 aliphatic heterocycles. The molecule has 5 nitrogen and oxygen atoms in total. The lowest BCUT2D eigenvalue weighted by Gasteiger charge is -2.15. The molecule has 1 atom stereocenters. The molecule has 1 amide bonds. The highest BCUT2D eigenvalue weighted by Gasteiger charge is 2.29. The van der Waals surface area contributed by atoms with E-state index in [1.54, 1.807) is 17.2 Å². The molecule has 98 valence electrons. The largest absolute Gasteiger partial charge is 0.472 e. The number of pyridine rings is 1. The van der Waals surface area contributed by atoms with E-state index in [-0.39, 0.29) is 12.0 Å². The molecular formula is C13H13N3O2S. The highest BCUT2D eigenvalue weighted by Crippen LogP contribution is 2.18. The molecule has 19 heavy (non-hydrogen) atoms. The molecule has 0 saturated carbocycles. The third-order valence-electron chi connectivity index (χ3n) is 3.01. The van der Waals surface area contributed by atoms with E-state index in [0.29, 0.717) is 24.7 Å². The Balaban J connectivity index is 1.60. The Labute approximate surface area is 115 Å². The first-order chi connectivity index (χ1) is 9.33. The van der Waals surface area contributed by atoms with Gasteiger partial charge in [0, 0.05) is 30.6 Å². The average molecular weight is 275 g/mol. The standard InChI is InChI=1S/C13H13N3O2S/c17-13(11-5-8-19-15-11)16-7-4-10(9-16)18-12-3-1-2-6-14-12/h1-3,5-6,8,10H,4,7,9H2. The number of hydrogen-bond acceptors (Lipinski definition) is 5. The van der Waals surface area contributed by atoms with E-state index in [1.807, 2.05) is 23.6 Å². The molecule has 1 fully saturated rings. The zero-order valence-corrected chi connectivity index (χ0v) is 11.0. The summed E-state index contributed by atoms with van der Waals surface area (Å²) in [6.07, 6.45) is 2.53. The zero-order chi connectivity index (χ0) is 13.1. The van der Waals surface area contributed by atoms with Crippen LogP contribution in [0.3, 0.4) is 0 Å². The monoisotopic (exact) mass is 275 g/mol. The predicted molar refractivity (Wildman–Crippen MR) is 71.3 cm³/mol. The van der Waals surface area contributed by atoms with Crippen molar-refractivity contribution in [2.45, 2.75) is 12.5 Å². The Hall–Kier alpha value is -1.95. The number of carbonyl (C=O) groups excluding carboxylic acids is 1. The van der Waals surface area contributed by atoms with Crippen LogP contribution in [0.25, 0.3) is 0 Å². The number of rotatable bonds is 3. The Morgan fingerprint density at radius 1 is 1.42 bits per heavy atom. The minimum atomic E-state index is -0.0200. The fourth-order valence-corrected chi connectivity index (χ4v) is 2.58. The van der Waals surface area contributed by atoms with Crippen LogP contribution >= 0.6 is 11.5 Å². The van der Waals surface area contributed by atoms with Crippen molar-refractivity contribution >= 4 is 17.4 Å². The van der Waals surface area contributed by atoms with Gasteiger partial charge in [-0.1, -0.05) is 6.07 Å². The second kappa shape index (κ2) is 5.36. The van der Waals surface area contributed by atoms with E-state index in [9.17, 15) is 4.79 Å². The summed E-state index contributed by atoms with van der Waals surface area (Å²) in [6, 6.07) is 7.31. The average Bonchev–Trinajstić information content (AvgIpc) is 3.10. The summed E-state index contributed by atoms with van der Waals surface area (Å²) in [5, 5.41) is 1.81. The second-order valence-corrected chi connectivity index (χ2v) is 5.00. The van der Waals surface area contributed by atoms with Crippen molar-refractivity contribution in [1.82, 2.24) is 14.3 Å². The van der Waals surface area contributed by atoms with Crippen LogP contribution in [0.1, 0.15) is 16.9 Å². The normalized spacial score (nSPS) is 18.5. The molecule has 6 heteroatoms. The molecule has 0 spiro atoms. The topological polar surface area (TPSA) is 55.3 Å². The number of carbonyl (C=O) groups is 1. The third-order valence-corrected chi connectivity index (χ3v) is 3.57. The first-order valence-electron chi connectivity index (χ1n) is 6.10. The lowest BCUT2D eigenvalue weighted by molar-refractivity contribution is 0.0766. The lowest BCUT2D eigenvalue weighted by Crippen LogP contribution is -2.31. The highest BCUT2D eigenvalue weighted by atomic mass is 32.1. The van der Waals surface area contributed by atoms with Crippen LogP contribution in [0.4, 0.5) is 0 Å². The molecule has 1 unspecified atom stereocenters. The summed E-state index contributed by atoms with van der Waals surface area (Å²) < 4.78 is 9.82. The fraction of sp³-hybridized carbons (Fsp3) is 0.308. The number of ether oxygens (including phenoxy) is 1. The van der Waals surface area contributed by atoms with Gasteiger partial charge in [-0.25, -0.2) is 4.98 Å². The summed E-state index contributed by atoms with van der Waals surface area (Å²) >= 11 is 1.29. The predicted octanol–water partition coefficient (Wildman–Crippen LogP) is 1.83. The van der Waals surface area contributed by atoms with Crippen molar-refractivity contribution < 1.29 is 9.53 Å². The molecule has 2 aromatic heterocycles. The van der Waals surface area contributed by atoms with Gasteiger partial charge in [-0.3, -0.25) is 4.79 Å². The van der Waals surface area contributed by atoms with Crippen molar-refractivity contribution in [3.05, 3.63) is 41.5 Å². The quantitative estimate of drug-likeness (QED) is 0.857. The number of amides is 1. The lowest BCUT2D eigenvalue weighted by atomic mass is 10.3. The number of likely N-dealkylation sites (tertiary alicyclic amines) is 1. The number of aromatic nitrogens is 2. The Bertz CT molecular complexity index is 544. The molecule has 1 aliphatic rings. The molecule has 3 rings (SSSR count). The molecule has 0 aliphatic carbocycles. The summed E-state index contributed by atoms with van der Waals surface area (Å²) in [7, 11) is 0. The Morgan fingerprint density at radius 2 is 2.37 bits per heavy atom. The minimum Gasteiger partial charge on any atom is -0.472 e. The maximum atomic E-state index is 12.1. The van der Waals surface area contributed by atoms with Crippen molar-refractivity contribution in [3.63, 3.8) is 0 Å². The molecule has 0 radical (unpaired) electrons. The zero-order valence-electron chi connectivity index (χ0n) is 10.2. The van der Waals surface area contributed by atoms with E-state index >= 15 is 0 Å². The van der Waals surface area contributed by atoms with E-state index in [0.717, 1.165) is 6.42 Å². The van der Waals surface area contributed by atoms with Gasteiger partial charge in [-0.15, -0.1) is 0 Å². The van der Waals surface area contributed by atoms with Crippen molar-refractivity contribution in [1.29, 1.82) is 0 Å². The van der Waals surface area contributed by atoms with E-state index in [2.05, 4.69) is 9.36 Å². The van der Waals surface area contributed by atoms with Gasteiger partial charge in [0.25, 0.3) is 5.91 Å². The van der Waals surface area contributed by atoms with Gasteiger partial charge < -0.3 is 9.64 Å². The fourth-order valence-electron chi connectivity index (χ4n) is 2.08. The van der Waals surface area contributed by atoms with E-state index in [1.165, 1.54) is 11.5 Å². The van der Waals surface area contributed by atoms with Gasteiger partial charge in [0.15, 0.2) is 0 Å². The summed E-state index contributed by atoms with van der Waals surface area (Å²) in [6.45, 7) is 1.29. The van der Waals surface area contributed by atoms with Crippen molar-refractivity contribution in [2.75, 3.05) is 13.1 Å². The van der Waals surface area contributed by atoms with Crippen LogP contribution in [0, 0.1) is 0 Å². The molecule has 3 heterocycles. The molecule has 0 aromatic carbocycles. The Morgan fingerprint density at radius 3 is 3.11 bits per heavy atom. The smallest absolute Gasteiger partial charge is 0.273 e. The third kappa shape index (κ3) is 2.73. The summed E-state index contributed by atoms with van der Waals surface area (Å²) in [4.78, 5) is 18.0. The summed E-state index contributed by atoms with van der Waals surface area (Å²) in [5.74, 6) is 0.587. The number of hydrogen-bond donors (Lipinski definition) is 0. The van der Waals surface area contributed by atoms with Crippen LogP contribution in [0.15, 0.2) is 35.8 Å². The molecule has 1 saturated heterocycles. The second-order valence-electron chi connectivity index (χ2n) is 4.33. The summed E-state index contributed by atoms with van der Waals surface area (Å²) in [5.41, 5.74) is 0.517. The van der Waals surface area contributed by atoms with Crippen molar-refractivity contribution in [3.8, 4) is 5.88 Å². The molecular weight excluding hydrogens is 262 g/mol. The maximum Gasteiger partial charge on any atom is 0.273 e. The highest BCUT2D eigenvalue weighted by molar-refractivity contribution is 7.03. The van der Waals surface area contributed by atoms with Crippen molar-refractivity contribution in [2.24, 2.45) is 0 Å². The van der Waals surface area contributed by atoms with Gasteiger partial charge in [0.05, 0.1) is 6.54 Å². The van der Waals surface area contributed by atoms with Gasteiger partial charge in [0.1, 0.15) is 11.8 Å². The van der Waals surface area contributed by atoms with Gasteiger partial charge in [0.2, 0.25) is 5.88 Å². The van der Waals surface area contributed by atoms with Gasteiger partial charge in [-0.2, -0.15) is 4.37 Å². The van der Waals surface area contributed by atoms with Crippen LogP contribution in [-0.2, 0) is 0 Å². The first kappa shape index (κ1) is 12.1. The minimum absolute atomic E-state index is 0.0116. The van der Waals surface area contributed by atoms with Gasteiger partial charge in [-0.05, 0) is 23.7 Å². The SMILES string of the molecule is O=C(c1ccsn1)N1CCC(Oc2ccccn2)C1. The molecule has 0 bridgehead atoms. The number of nitrogens with zero attached hydrogens (tertiary/aromatic N) is 3. The first-order valence-corrected chi connectivity index (χ1v) is 6.94. The Kier molecular flexibility index (Phi) is 3.41. The van der Waals surface area contributed by atoms with Crippen LogP contribution < -0.4 is 4.74 Å². The molecule has 0 N–H and O–H groups in total. The van der Waals surface area contributed by atoms with E-state index < -0.39 is 0 Å².